The summed E-state index contributed by atoms with van der Waals surface area (Å²) >= 11 is 8.43. The molecule has 0 bridgehead atoms. The van der Waals surface area contributed by atoms with Gasteiger partial charge < -0.3 is 11.1 Å². The van der Waals surface area contributed by atoms with Crippen molar-refractivity contribution in [2.45, 2.75) is 44.9 Å². The van der Waals surface area contributed by atoms with Crippen LogP contribution in [0.25, 0.3) is 0 Å². The Balaban J connectivity index is 1.92. The fourth-order valence-electron chi connectivity index (χ4n) is 2.86. The summed E-state index contributed by atoms with van der Waals surface area (Å²) in [5.74, 6) is 0.748. The lowest BCUT2D eigenvalue weighted by Gasteiger charge is -2.21. The Kier molecular flexibility index (Phi) is 6.18. The van der Waals surface area contributed by atoms with Crippen molar-refractivity contribution >= 4 is 44.7 Å². The van der Waals surface area contributed by atoms with E-state index >= 15 is 0 Å². The molecule has 3 N–H and O–H groups in total. The summed E-state index contributed by atoms with van der Waals surface area (Å²) in [6.07, 6.45) is 8.03. The van der Waals surface area contributed by atoms with Crippen molar-refractivity contribution in [2.75, 3.05) is 5.32 Å². The number of benzene rings is 1. The van der Waals surface area contributed by atoms with Gasteiger partial charge in [0, 0.05) is 16.5 Å². The van der Waals surface area contributed by atoms with Gasteiger partial charge in [-0.05, 0) is 30.5 Å². The van der Waals surface area contributed by atoms with Crippen LogP contribution >= 0.6 is 28.1 Å². The zero-order valence-electron chi connectivity index (χ0n) is 12.0. The fraction of sp³-hybridized carbons (Fsp3) is 0.500. The first-order valence-electron chi connectivity index (χ1n) is 7.45. The molecule has 0 radical (unpaired) electrons. The molecule has 1 aliphatic carbocycles. The highest BCUT2D eigenvalue weighted by Gasteiger charge is 2.15. The topological polar surface area (TPSA) is 55.1 Å². The van der Waals surface area contributed by atoms with E-state index in [0.717, 1.165) is 10.9 Å². The van der Waals surface area contributed by atoms with Crippen LogP contribution in [0.2, 0.25) is 0 Å². The molecular weight excluding hydrogens is 348 g/mol. The summed E-state index contributed by atoms with van der Waals surface area (Å²) in [7, 11) is 0. The molecular formula is C16H21BrN2OS. The van der Waals surface area contributed by atoms with Gasteiger partial charge in [0.1, 0.15) is 4.99 Å². The molecule has 0 unspecified atom stereocenters. The second-order valence-electron chi connectivity index (χ2n) is 5.65. The summed E-state index contributed by atoms with van der Waals surface area (Å²) in [5, 5.41) is 2.94. The summed E-state index contributed by atoms with van der Waals surface area (Å²) < 4.78 is 0.894. The third-order valence-electron chi connectivity index (χ3n) is 4.03. The lowest BCUT2D eigenvalue weighted by atomic mass is 9.86. The van der Waals surface area contributed by atoms with Crippen LogP contribution in [0.15, 0.2) is 22.7 Å². The first-order valence-corrected chi connectivity index (χ1v) is 8.65. The molecule has 0 atom stereocenters. The van der Waals surface area contributed by atoms with Crippen LogP contribution in [-0.2, 0) is 4.79 Å². The van der Waals surface area contributed by atoms with Crippen molar-refractivity contribution in [1.29, 1.82) is 0 Å². The molecule has 0 heterocycles. The van der Waals surface area contributed by atoms with E-state index in [9.17, 15) is 4.79 Å². The maximum Gasteiger partial charge on any atom is 0.224 e. The SMILES string of the molecule is NC(=S)c1ccc(Br)cc1NC(=O)CCC1CCCCC1. The first-order chi connectivity index (χ1) is 10.1. The Hall–Kier alpha value is -0.940. The number of amides is 1. The highest BCUT2D eigenvalue weighted by atomic mass is 79.9. The Labute approximate surface area is 139 Å². The number of anilines is 1. The van der Waals surface area contributed by atoms with E-state index in [0.29, 0.717) is 28.6 Å². The quantitative estimate of drug-likeness (QED) is 0.758. The standard InChI is InChI=1S/C16H21BrN2OS/c17-12-7-8-13(16(18)21)14(10-12)19-15(20)9-6-11-4-2-1-3-5-11/h7-8,10-11H,1-6,9H2,(H2,18,21)(H,19,20). The van der Waals surface area contributed by atoms with E-state index in [4.69, 9.17) is 18.0 Å². The molecule has 0 aliphatic heterocycles. The predicted octanol–water partition coefficient (Wildman–Crippen LogP) is 4.38. The van der Waals surface area contributed by atoms with E-state index in [1.807, 2.05) is 18.2 Å². The molecule has 1 aliphatic rings. The van der Waals surface area contributed by atoms with Gasteiger partial charge in [0.05, 0.1) is 5.69 Å². The molecule has 1 aromatic rings. The van der Waals surface area contributed by atoms with Gasteiger partial charge in [-0.2, -0.15) is 0 Å². The predicted molar refractivity (Wildman–Crippen MR) is 94.5 cm³/mol. The maximum atomic E-state index is 12.1. The Bertz CT molecular complexity index is 527. The summed E-state index contributed by atoms with van der Waals surface area (Å²) in [5.41, 5.74) is 7.09. The van der Waals surface area contributed by atoms with Crippen LogP contribution in [0.1, 0.15) is 50.5 Å². The van der Waals surface area contributed by atoms with Gasteiger partial charge in [0.2, 0.25) is 5.91 Å². The number of nitrogens with one attached hydrogen (secondary N) is 1. The number of halogens is 1. The zero-order valence-corrected chi connectivity index (χ0v) is 14.4. The normalized spacial score (nSPS) is 15.7. The Morgan fingerprint density at radius 2 is 2.05 bits per heavy atom. The molecule has 0 saturated heterocycles. The van der Waals surface area contributed by atoms with Crippen molar-refractivity contribution in [2.24, 2.45) is 11.7 Å². The number of carbonyl (C=O) groups is 1. The van der Waals surface area contributed by atoms with Crippen LogP contribution in [-0.4, -0.2) is 10.9 Å². The molecule has 5 heteroatoms. The fourth-order valence-corrected chi connectivity index (χ4v) is 3.40. The highest BCUT2D eigenvalue weighted by molar-refractivity contribution is 9.10. The van der Waals surface area contributed by atoms with Crippen LogP contribution in [0.4, 0.5) is 5.69 Å². The molecule has 0 aromatic heterocycles. The van der Waals surface area contributed by atoms with Crippen molar-refractivity contribution in [3.63, 3.8) is 0 Å². The van der Waals surface area contributed by atoms with Crippen LogP contribution in [0, 0.1) is 5.92 Å². The molecule has 21 heavy (non-hydrogen) atoms. The molecule has 1 saturated carbocycles. The van der Waals surface area contributed by atoms with Gasteiger partial charge in [-0.3, -0.25) is 4.79 Å². The maximum absolute atomic E-state index is 12.1. The number of nitrogens with two attached hydrogens (primary N) is 1. The molecule has 0 spiro atoms. The molecule has 2 rings (SSSR count). The van der Waals surface area contributed by atoms with E-state index in [1.54, 1.807) is 0 Å². The molecule has 1 aromatic carbocycles. The third kappa shape index (κ3) is 5.08. The van der Waals surface area contributed by atoms with E-state index in [1.165, 1.54) is 32.1 Å². The molecule has 1 amide bonds. The van der Waals surface area contributed by atoms with Gasteiger partial charge in [-0.1, -0.05) is 60.3 Å². The second kappa shape index (κ2) is 7.90. The smallest absolute Gasteiger partial charge is 0.224 e. The van der Waals surface area contributed by atoms with Crippen molar-refractivity contribution in [3.05, 3.63) is 28.2 Å². The molecule has 3 nitrogen and oxygen atoms in total. The van der Waals surface area contributed by atoms with Gasteiger partial charge in [-0.15, -0.1) is 0 Å². The molecule has 1 fully saturated rings. The number of thiocarbonyl (C=S) groups is 1. The Morgan fingerprint density at radius 3 is 2.71 bits per heavy atom. The number of carbonyl (C=O) groups excluding carboxylic acids is 1. The minimum atomic E-state index is 0.0381. The average Bonchev–Trinajstić information content (AvgIpc) is 2.46. The summed E-state index contributed by atoms with van der Waals surface area (Å²) in [6.45, 7) is 0. The first kappa shape index (κ1) is 16.4. The lowest BCUT2D eigenvalue weighted by Crippen LogP contribution is -2.18. The number of hydrogen-bond donors (Lipinski definition) is 2. The zero-order chi connectivity index (χ0) is 15.2. The minimum absolute atomic E-state index is 0.0381. The van der Waals surface area contributed by atoms with Gasteiger partial charge in [0.25, 0.3) is 0 Å². The van der Waals surface area contributed by atoms with Crippen LogP contribution < -0.4 is 11.1 Å². The van der Waals surface area contributed by atoms with Crippen LogP contribution in [0.3, 0.4) is 0 Å². The lowest BCUT2D eigenvalue weighted by molar-refractivity contribution is -0.116. The average molecular weight is 369 g/mol. The minimum Gasteiger partial charge on any atom is -0.389 e. The molecule has 114 valence electrons. The van der Waals surface area contributed by atoms with E-state index in [-0.39, 0.29) is 5.91 Å². The van der Waals surface area contributed by atoms with E-state index < -0.39 is 0 Å². The van der Waals surface area contributed by atoms with Crippen molar-refractivity contribution in [1.82, 2.24) is 0 Å². The van der Waals surface area contributed by atoms with Crippen molar-refractivity contribution in [3.8, 4) is 0 Å². The summed E-state index contributed by atoms with van der Waals surface area (Å²) in [4.78, 5) is 12.4. The monoisotopic (exact) mass is 368 g/mol. The van der Waals surface area contributed by atoms with Gasteiger partial charge >= 0.3 is 0 Å². The van der Waals surface area contributed by atoms with Gasteiger partial charge in [0.15, 0.2) is 0 Å². The van der Waals surface area contributed by atoms with Gasteiger partial charge in [-0.25, -0.2) is 0 Å². The summed E-state index contributed by atoms with van der Waals surface area (Å²) in [6, 6.07) is 5.53. The largest absolute Gasteiger partial charge is 0.389 e. The second-order valence-corrected chi connectivity index (χ2v) is 7.00. The van der Waals surface area contributed by atoms with Crippen molar-refractivity contribution < 1.29 is 4.79 Å². The number of hydrogen-bond acceptors (Lipinski definition) is 2. The highest BCUT2D eigenvalue weighted by Crippen LogP contribution is 2.28. The Morgan fingerprint density at radius 1 is 1.33 bits per heavy atom. The third-order valence-corrected chi connectivity index (χ3v) is 4.74. The van der Waals surface area contributed by atoms with Crippen LogP contribution in [0.5, 0.6) is 0 Å². The van der Waals surface area contributed by atoms with E-state index in [2.05, 4.69) is 21.2 Å². The number of rotatable bonds is 5.